The lowest BCUT2D eigenvalue weighted by Crippen LogP contribution is -2.43. The van der Waals surface area contributed by atoms with Crippen molar-refractivity contribution in [2.24, 2.45) is 23.7 Å². The number of methoxy groups -OCH3 is 1. The fourth-order valence-electron chi connectivity index (χ4n) is 7.19. The number of fused-ring (bicyclic) bond motifs is 14. The molecule has 6 rings (SSSR count). The quantitative estimate of drug-likeness (QED) is 0.226. The third-order valence-corrected chi connectivity index (χ3v) is 11.8. The fourth-order valence-corrected chi connectivity index (χ4v) is 8.06. The van der Waals surface area contributed by atoms with Gasteiger partial charge in [-0.05, 0) is 117 Å². The molecule has 1 aliphatic carbocycles. The van der Waals surface area contributed by atoms with Crippen molar-refractivity contribution in [2.75, 3.05) is 80.3 Å². The van der Waals surface area contributed by atoms with Gasteiger partial charge in [-0.2, -0.15) is 0 Å². The Morgan fingerprint density at radius 2 is 1.84 bits per heavy atom. The number of nitrogens with zero attached hydrogens (tertiary/aromatic N) is 2. The summed E-state index contributed by atoms with van der Waals surface area (Å²) in [5.41, 5.74) is 2.63. The van der Waals surface area contributed by atoms with Crippen LogP contribution >= 0.6 is 23.5 Å². The second kappa shape index (κ2) is 22.2. The highest BCUT2D eigenvalue weighted by Gasteiger charge is 2.37. The summed E-state index contributed by atoms with van der Waals surface area (Å²) in [7, 11) is 6.05. The van der Waals surface area contributed by atoms with Gasteiger partial charge in [0.05, 0.1) is 25.9 Å². The van der Waals surface area contributed by atoms with Crippen LogP contribution in [0.2, 0.25) is 5.02 Å². The van der Waals surface area contributed by atoms with Gasteiger partial charge >= 0.3 is 0 Å². The Kier molecular flexibility index (Phi) is 18.1. The summed E-state index contributed by atoms with van der Waals surface area (Å²) in [6, 6.07) is 14.3. The van der Waals surface area contributed by atoms with Gasteiger partial charge < -0.3 is 24.4 Å². The predicted octanol–water partition coefficient (Wildman–Crippen LogP) is 7.32. The molecule has 10 heteroatoms. The first-order chi connectivity index (χ1) is 24.7. The molecule has 6 unspecified atom stereocenters. The molecule has 2 aromatic rings. The number of aryl methyl sites for hydroxylation is 1. The van der Waals surface area contributed by atoms with Crippen LogP contribution in [0, 0.1) is 23.7 Å². The summed E-state index contributed by atoms with van der Waals surface area (Å²) in [4.78, 5) is 18.7. The van der Waals surface area contributed by atoms with Crippen molar-refractivity contribution >= 4 is 29.5 Å². The molecule has 2 fully saturated rings. The van der Waals surface area contributed by atoms with E-state index in [9.17, 15) is 4.79 Å². The molecule has 6 atom stereocenters. The molecule has 3 heterocycles. The third kappa shape index (κ3) is 13.4. The maximum atomic E-state index is 12.9. The second-order valence-electron chi connectivity index (χ2n) is 14.6. The molecule has 1 saturated heterocycles. The van der Waals surface area contributed by atoms with Crippen LogP contribution in [-0.2, 0) is 20.7 Å². The summed E-state index contributed by atoms with van der Waals surface area (Å²) in [6.07, 6.45) is 9.89. The first kappa shape index (κ1) is 41.6. The van der Waals surface area contributed by atoms with Crippen molar-refractivity contribution in [3.63, 3.8) is 0 Å². The second-order valence-corrected chi connectivity index (χ2v) is 15.9. The number of carbonyl (C=O) groups excluding carboxylic acids is 1. The average molecular weight is 743 g/mol. The summed E-state index contributed by atoms with van der Waals surface area (Å²) in [5.74, 6) is 2.36. The maximum Gasteiger partial charge on any atom is 0.233 e. The number of hydrogen-bond acceptors (Lipinski definition) is 8. The van der Waals surface area contributed by atoms with Gasteiger partial charge in [0.1, 0.15) is 5.75 Å². The minimum atomic E-state index is -0.0858. The number of benzene rings is 2. The fraction of sp³-hybridized carbons (Fsp3) is 0.634. The van der Waals surface area contributed by atoms with E-state index in [0.29, 0.717) is 18.4 Å². The first-order valence-electron chi connectivity index (χ1n) is 19.0. The van der Waals surface area contributed by atoms with E-state index in [2.05, 4.69) is 65.0 Å². The molecular weight excluding hydrogens is 680 g/mol. The Bertz CT molecular complexity index is 1340. The summed E-state index contributed by atoms with van der Waals surface area (Å²) in [5, 5.41) is 3.92. The molecule has 2 N–H and O–H groups in total. The van der Waals surface area contributed by atoms with Crippen molar-refractivity contribution in [1.82, 2.24) is 19.8 Å². The van der Waals surface area contributed by atoms with Gasteiger partial charge in [0.15, 0.2) is 0 Å². The van der Waals surface area contributed by atoms with Crippen LogP contribution in [0.1, 0.15) is 63.5 Å². The number of allylic oxidation sites excluding steroid dienone is 1. The molecule has 1 saturated carbocycles. The highest BCUT2D eigenvalue weighted by molar-refractivity contribution is 7.98. The number of ether oxygens (including phenoxy) is 3. The van der Waals surface area contributed by atoms with Crippen LogP contribution < -0.4 is 14.8 Å². The van der Waals surface area contributed by atoms with E-state index in [-0.39, 0.29) is 29.8 Å². The zero-order valence-corrected chi connectivity index (χ0v) is 33.4. The van der Waals surface area contributed by atoms with Crippen LogP contribution in [0.15, 0.2) is 59.5 Å². The lowest BCUT2D eigenvalue weighted by Gasteiger charge is -2.42. The summed E-state index contributed by atoms with van der Waals surface area (Å²) >= 11 is 7.78. The average Bonchev–Trinajstić information content (AvgIpc) is 3.13. The maximum absolute atomic E-state index is 12.9. The molecule has 0 aromatic heterocycles. The van der Waals surface area contributed by atoms with Crippen molar-refractivity contribution in [3.05, 3.63) is 70.8 Å². The lowest BCUT2D eigenvalue weighted by molar-refractivity contribution is -0.123. The highest BCUT2D eigenvalue weighted by Crippen LogP contribution is 2.39. The molecule has 284 valence electrons. The summed E-state index contributed by atoms with van der Waals surface area (Å²) in [6.45, 7) is 15.1. The van der Waals surface area contributed by atoms with Gasteiger partial charge in [0, 0.05) is 68.1 Å². The van der Waals surface area contributed by atoms with Gasteiger partial charge in [0.25, 0.3) is 0 Å². The summed E-state index contributed by atoms with van der Waals surface area (Å²) < 4.78 is 20.6. The molecule has 1 amide bonds. The van der Waals surface area contributed by atoms with Crippen molar-refractivity contribution in [2.45, 2.75) is 69.8 Å². The van der Waals surface area contributed by atoms with E-state index in [1.54, 1.807) is 0 Å². The monoisotopic (exact) mass is 742 g/mol. The van der Waals surface area contributed by atoms with E-state index in [1.807, 2.05) is 51.4 Å². The number of morpholine rings is 1. The largest absolute Gasteiger partial charge is 0.493 e. The number of likely N-dealkylation sites (N-methyl/N-ethyl adjacent to an activating group) is 2. The molecule has 3 aliphatic heterocycles. The van der Waals surface area contributed by atoms with Crippen molar-refractivity contribution in [3.8, 4) is 5.75 Å². The minimum Gasteiger partial charge on any atom is -0.493 e. The van der Waals surface area contributed by atoms with E-state index < -0.39 is 0 Å². The SMILES string of the molecule is CCCc1cc(Cl)ccc1C1COc2ccc(cc2)SNC(=O)C(C)C(C)C/C=C/C(OC)C2CCC2CN(C)C1.CNCCN1CCOCC1. The molecule has 0 spiro atoms. The number of halogens is 1. The third-order valence-electron chi connectivity index (χ3n) is 10.7. The highest BCUT2D eigenvalue weighted by atomic mass is 35.5. The first-order valence-corrected chi connectivity index (χ1v) is 20.2. The zero-order chi connectivity index (χ0) is 36.6. The zero-order valence-electron chi connectivity index (χ0n) is 31.9. The van der Waals surface area contributed by atoms with Crippen LogP contribution in [0.5, 0.6) is 5.75 Å². The van der Waals surface area contributed by atoms with Gasteiger partial charge in [-0.3, -0.25) is 14.4 Å². The molecule has 2 bridgehead atoms. The van der Waals surface area contributed by atoms with Crippen molar-refractivity contribution in [1.29, 1.82) is 0 Å². The number of carbonyl (C=O) groups is 1. The van der Waals surface area contributed by atoms with Crippen LogP contribution in [0.3, 0.4) is 0 Å². The molecular formula is C41H63ClN4O4S. The van der Waals surface area contributed by atoms with E-state index in [1.165, 1.54) is 35.9 Å². The number of nitrogens with one attached hydrogen (secondary N) is 2. The van der Waals surface area contributed by atoms with E-state index in [4.69, 9.17) is 25.8 Å². The Morgan fingerprint density at radius 3 is 2.51 bits per heavy atom. The lowest BCUT2D eigenvalue weighted by atomic mass is 9.70. The van der Waals surface area contributed by atoms with Gasteiger partial charge in [-0.1, -0.05) is 57.0 Å². The normalized spacial score (nSPS) is 27.8. The molecule has 8 nitrogen and oxygen atoms in total. The number of rotatable bonds is 7. The van der Waals surface area contributed by atoms with E-state index >= 15 is 0 Å². The molecule has 2 aromatic carbocycles. The Morgan fingerprint density at radius 1 is 1.08 bits per heavy atom. The van der Waals surface area contributed by atoms with Gasteiger partial charge in [-0.25, -0.2) is 0 Å². The molecule has 4 aliphatic rings. The van der Waals surface area contributed by atoms with Crippen LogP contribution in [0.4, 0.5) is 0 Å². The van der Waals surface area contributed by atoms with Crippen LogP contribution in [0.25, 0.3) is 0 Å². The van der Waals surface area contributed by atoms with Gasteiger partial charge in [-0.15, -0.1) is 0 Å². The van der Waals surface area contributed by atoms with E-state index in [0.717, 1.165) is 87.4 Å². The van der Waals surface area contributed by atoms with Gasteiger partial charge in [0.2, 0.25) is 5.91 Å². The minimum absolute atomic E-state index is 0.0567. The van der Waals surface area contributed by atoms with Crippen LogP contribution in [-0.4, -0.2) is 102 Å². The molecule has 51 heavy (non-hydrogen) atoms. The van der Waals surface area contributed by atoms with Crippen molar-refractivity contribution < 1.29 is 19.0 Å². The standard InChI is InChI=1S/C34H47ClN2O3S.C7H16N2O/c1-6-8-25-19-28(35)12-18-31(25)27-21-37(4)20-26-11-17-32(26)33(39-5)10-7-9-23(2)24(3)34(38)36-41-30-15-13-29(14-16-30)40-22-27;1-8-2-3-9-4-6-10-7-5-9/h7,10,12-16,18-19,23-24,26-27,32-33H,6,8-9,11,17,20-22H2,1-5H3,(H,36,38);8H,2-7H2,1H3/b10-7+;. The topological polar surface area (TPSA) is 75.3 Å². The number of hydrogen-bond donors (Lipinski definition) is 2. The Balaban J connectivity index is 0.000000502. The smallest absolute Gasteiger partial charge is 0.233 e. The predicted molar refractivity (Wildman–Crippen MR) is 212 cm³/mol. The Hall–Kier alpha value is -2.11. The molecule has 0 radical (unpaired) electrons. The number of amides is 1. The Labute approximate surface area is 317 Å².